The number of likely N-dealkylation sites (tertiary alicyclic amines) is 1. The highest BCUT2D eigenvalue weighted by atomic mass is 19.4. The number of carbonyl (C=O) groups is 1. The Morgan fingerprint density at radius 2 is 1.79 bits per heavy atom. The second kappa shape index (κ2) is 9.11. The van der Waals surface area contributed by atoms with Crippen LogP contribution < -0.4 is 10.6 Å². The van der Waals surface area contributed by atoms with E-state index in [2.05, 4.69) is 10.6 Å². The Bertz CT molecular complexity index is 735. The van der Waals surface area contributed by atoms with Crippen LogP contribution in [-0.2, 0) is 11.0 Å². The van der Waals surface area contributed by atoms with Crippen molar-refractivity contribution in [1.82, 2.24) is 15.5 Å². The fourth-order valence-electron chi connectivity index (χ4n) is 3.09. The lowest BCUT2D eigenvalue weighted by atomic mass is 9.96. The zero-order valence-electron chi connectivity index (χ0n) is 16.9. The van der Waals surface area contributed by atoms with E-state index in [1.54, 1.807) is 4.90 Å². The van der Waals surface area contributed by atoms with Crippen LogP contribution in [0.4, 0.5) is 17.6 Å². The van der Waals surface area contributed by atoms with Crippen molar-refractivity contribution in [3.05, 3.63) is 35.1 Å². The van der Waals surface area contributed by atoms with E-state index in [-0.39, 0.29) is 35.3 Å². The molecule has 1 aliphatic rings. The number of piperidine rings is 1. The van der Waals surface area contributed by atoms with Crippen molar-refractivity contribution >= 4 is 11.7 Å². The van der Waals surface area contributed by atoms with E-state index in [9.17, 15) is 22.4 Å². The number of hydrogen-bond acceptors (Lipinski definition) is 3. The molecule has 9 heteroatoms. The van der Waals surface area contributed by atoms with Crippen LogP contribution in [-0.4, -0.2) is 48.4 Å². The van der Waals surface area contributed by atoms with Gasteiger partial charge in [-0.05, 0) is 57.7 Å². The van der Waals surface area contributed by atoms with E-state index in [1.807, 2.05) is 20.8 Å². The molecule has 0 bridgehead atoms. The smallest absolute Gasteiger partial charge is 0.370 e. The normalized spacial score (nSPS) is 16.0. The van der Waals surface area contributed by atoms with E-state index in [0.29, 0.717) is 25.7 Å². The maximum Gasteiger partial charge on any atom is 0.416 e. The summed E-state index contributed by atoms with van der Waals surface area (Å²) in [5.74, 6) is -1.05. The lowest BCUT2D eigenvalue weighted by molar-refractivity contribution is -0.137. The minimum absolute atomic E-state index is 0.0403. The molecule has 0 saturated carbocycles. The Morgan fingerprint density at radius 1 is 1.17 bits per heavy atom. The van der Waals surface area contributed by atoms with Gasteiger partial charge in [-0.3, -0.25) is 10.2 Å². The predicted octanol–water partition coefficient (Wildman–Crippen LogP) is 3.39. The summed E-state index contributed by atoms with van der Waals surface area (Å²) >= 11 is 0. The van der Waals surface area contributed by atoms with Gasteiger partial charge in [-0.25, -0.2) is 4.39 Å². The SMILES string of the molecule is CC(C)(C)NCC(=O)N1CCC(CNC(=N)c2cc(F)cc(C(F)(F)F)c2)CC1. The monoisotopic (exact) mass is 416 g/mol. The number of amidine groups is 1. The van der Waals surface area contributed by atoms with Crippen LogP contribution in [0.25, 0.3) is 0 Å². The molecule has 0 radical (unpaired) electrons. The lowest BCUT2D eigenvalue weighted by Gasteiger charge is -2.33. The zero-order valence-corrected chi connectivity index (χ0v) is 16.9. The quantitative estimate of drug-likeness (QED) is 0.392. The third kappa shape index (κ3) is 7.30. The largest absolute Gasteiger partial charge is 0.416 e. The summed E-state index contributed by atoms with van der Waals surface area (Å²) in [5, 5.41) is 13.9. The van der Waals surface area contributed by atoms with Crippen LogP contribution in [0.2, 0.25) is 0 Å². The van der Waals surface area contributed by atoms with Gasteiger partial charge in [0.25, 0.3) is 0 Å². The van der Waals surface area contributed by atoms with Crippen LogP contribution in [0.3, 0.4) is 0 Å². The fraction of sp³-hybridized carbons (Fsp3) is 0.600. The number of rotatable bonds is 5. The summed E-state index contributed by atoms with van der Waals surface area (Å²) in [6.07, 6.45) is -3.20. The fourth-order valence-corrected chi connectivity index (χ4v) is 3.09. The number of amides is 1. The van der Waals surface area contributed by atoms with Crippen LogP contribution >= 0.6 is 0 Å². The summed E-state index contributed by atoms with van der Waals surface area (Å²) in [5.41, 5.74) is -1.39. The Labute approximate surface area is 168 Å². The van der Waals surface area contributed by atoms with Crippen LogP contribution in [0.1, 0.15) is 44.7 Å². The molecule has 0 aliphatic carbocycles. The third-order valence-electron chi connectivity index (χ3n) is 4.82. The minimum Gasteiger partial charge on any atom is -0.370 e. The number of alkyl halides is 3. The Morgan fingerprint density at radius 3 is 2.34 bits per heavy atom. The van der Waals surface area contributed by atoms with Gasteiger partial charge >= 0.3 is 6.18 Å². The van der Waals surface area contributed by atoms with Crippen molar-refractivity contribution in [2.45, 2.75) is 45.3 Å². The first kappa shape index (κ1) is 23.1. The predicted molar refractivity (Wildman–Crippen MR) is 103 cm³/mol. The third-order valence-corrected chi connectivity index (χ3v) is 4.82. The maximum absolute atomic E-state index is 13.5. The molecule has 162 valence electrons. The Balaban J connectivity index is 1.83. The highest BCUT2D eigenvalue weighted by molar-refractivity contribution is 5.96. The van der Waals surface area contributed by atoms with E-state index in [0.717, 1.165) is 25.0 Å². The first-order chi connectivity index (χ1) is 13.3. The first-order valence-corrected chi connectivity index (χ1v) is 9.58. The molecule has 5 nitrogen and oxygen atoms in total. The molecular formula is C20H28F4N4O. The second-order valence-corrected chi connectivity index (χ2v) is 8.41. The summed E-state index contributed by atoms with van der Waals surface area (Å²) < 4.78 is 51.9. The number of halogens is 4. The van der Waals surface area contributed by atoms with Gasteiger partial charge in [0.1, 0.15) is 11.7 Å². The van der Waals surface area contributed by atoms with Crippen molar-refractivity contribution in [1.29, 1.82) is 5.41 Å². The Hall–Kier alpha value is -2.16. The standard InChI is InChI=1S/C20H28F4N4O/c1-19(2,3)27-12-17(29)28-6-4-13(5-7-28)11-26-18(25)14-8-15(20(22,23)24)10-16(21)9-14/h8-10,13,27H,4-7,11-12H2,1-3H3,(H2,25,26). The summed E-state index contributed by atoms with van der Waals surface area (Å²) in [4.78, 5) is 14.0. The number of benzene rings is 1. The molecule has 1 amide bonds. The van der Waals surface area contributed by atoms with Gasteiger partial charge in [-0.15, -0.1) is 0 Å². The van der Waals surface area contributed by atoms with Crippen LogP contribution in [0.15, 0.2) is 18.2 Å². The van der Waals surface area contributed by atoms with E-state index in [4.69, 9.17) is 5.41 Å². The average molecular weight is 416 g/mol. The molecule has 1 saturated heterocycles. The van der Waals surface area contributed by atoms with Gasteiger partial charge in [0.05, 0.1) is 12.1 Å². The summed E-state index contributed by atoms with van der Waals surface area (Å²) in [7, 11) is 0. The maximum atomic E-state index is 13.5. The van der Waals surface area contributed by atoms with Crippen LogP contribution in [0.5, 0.6) is 0 Å². The van der Waals surface area contributed by atoms with E-state index >= 15 is 0 Å². The molecule has 0 aromatic heterocycles. The molecule has 0 atom stereocenters. The number of nitrogens with one attached hydrogen (secondary N) is 3. The molecule has 1 fully saturated rings. The van der Waals surface area contributed by atoms with Gasteiger partial charge in [0.2, 0.25) is 5.91 Å². The van der Waals surface area contributed by atoms with Crippen molar-refractivity contribution in [3.63, 3.8) is 0 Å². The molecule has 0 unspecified atom stereocenters. The summed E-state index contributed by atoms with van der Waals surface area (Å²) in [6, 6.07) is 2.09. The summed E-state index contributed by atoms with van der Waals surface area (Å²) in [6.45, 7) is 7.83. The molecule has 1 aromatic carbocycles. The highest BCUT2D eigenvalue weighted by Gasteiger charge is 2.32. The second-order valence-electron chi connectivity index (χ2n) is 8.41. The van der Waals surface area contributed by atoms with Crippen LogP contribution in [0, 0.1) is 17.1 Å². The van der Waals surface area contributed by atoms with E-state index in [1.165, 1.54) is 0 Å². The van der Waals surface area contributed by atoms with Gasteiger partial charge in [-0.2, -0.15) is 13.2 Å². The van der Waals surface area contributed by atoms with Gasteiger partial charge in [0.15, 0.2) is 0 Å². The number of hydrogen-bond donors (Lipinski definition) is 3. The molecule has 3 N–H and O–H groups in total. The molecule has 0 spiro atoms. The van der Waals surface area contributed by atoms with Gasteiger partial charge in [0, 0.05) is 30.7 Å². The molecule has 1 aliphatic heterocycles. The van der Waals surface area contributed by atoms with Gasteiger partial charge in [-0.1, -0.05) is 0 Å². The first-order valence-electron chi connectivity index (χ1n) is 9.58. The molecule has 29 heavy (non-hydrogen) atoms. The van der Waals surface area contributed by atoms with Crippen molar-refractivity contribution < 1.29 is 22.4 Å². The molecule has 1 heterocycles. The Kier molecular flexibility index (Phi) is 7.26. The number of carbonyl (C=O) groups excluding carboxylic acids is 1. The molecule has 1 aromatic rings. The topological polar surface area (TPSA) is 68.2 Å². The van der Waals surface area contributed by atoms with Crippen molar-refractivity contribution in [3.8, 4) is 0 Å². The van der Waals surface area contributed by atoms with Crippen molar-refractivity contribution in [2.75, 3.05) is 26.2 Å². The zero-order chi connectivity index (χ0) is 21.8. The minimum atomic E-state index is -4.67. The van der Waals surface area contributed by atoms with E-state index < -0.39 is 17.6 Å². The van der Waals surface area contributed by atoms with Crippen molar-refractivity contribution in [2.24, 2.45) is 5.92 Å². The lowest BCUT2D eigenvalue weighted by Crippen LogP contribution is -2.48. The van der Waals surface area contributed by atoms with Gasteiger partial charge < -0.3 is 15.5 Å². The number of nitrogens with zero attached hydrogens (tertiary/aromatic N) is 1. The highest BCUT2D eigenvalue weighted by Crippen LogP contribution is 2.30. The molecular weight excluding hydrogens is 388 g/mol. The molecule has 2 rings (SSSR count). The average Bonchev–Trinajstić information content (AvgIpc) is 2.62.